The number of Topliss-reactive ketones (excluding diaryl/α,β-unsaturated/α-hetero) is 1. The summed E-state index contributed by atoms with van der Waals surface area (Å²) in [5, 5.41) is 8.24. The van der Waals surface area contributed by atoms with Crippen LogP contribution in [0.15, 0.2) is 0 Å². The summed E-state index contributed by atoms with van der Waals surface area (Å²) in [5.74, 6) is -4.46. The Morgan fingerprint density at radius 1 is 0.891 bits per heavy atom. The van der Waals surface area contributed by atoms with Crippen LogP contribution in [0.3, 0.4) is 0 Å². The molecule has 1 aliphatic heterocycles. The summed E-state index contributed by atoms with van der Waals surface area (Å²) in [7, 11) is 0. The van der Waals surface area contributed by atoms with Gasteiger partial charge in [0.05, 0.1) is 12.1 Å². The number of alkyl halides is 2. The third-order valence-electron chi connectivity index (χ3n) is 9.39. The van der Waals surface area contributed by atoms with Gasteiger partial charge in [0.2, 0.25) is 17.6 Å². The van der Waals surface area contributed by atoms with E-state index in [4.69, 9.17) is 33.7 Å². The van der Waals surface area contributed by atoms with Crippen molar-refractivity contribution in [1.29, 1.82) is 0 Å². The van der Waals surface area contributed by atoms with E-state index in [1.54, 1.807) is 34.6 Å². The quantitative estimate of drug-likeness (QED) is 0.130. The maximum absolute atomic E-state index is 14.4. The molecule has 0 radical (unpaired) electrons. The van der Waals surface area contributed by atoms with Gasteiger partial charge in [0.15, 0.2) is 0 Å². The van der Waals surface area contributed by atoms with Crippen molar-refractivity contribution in [3.8, 4) is 0 Å². The number of hydrogen-bond donors (Lipinski definition) is 4. The van der Waals surface area contributed by atoms with Gasteiger partial charge in [-0.05, 0) is 56.8 Å². The van der Waals surface area contributed by atoms with Crippen molar-refractivity contribution in [1.82, 2.24) is 20.9 Å². The molecular weight excluding hydrogens is 637 g/mol. The second-order valence-electron chi connectivity index (χ2n) is 14.4. The molecular formula is C32H51Cl2N5O7. The summed E-state index contributed by atoms with van der Waals surface area (Å²) in [6, 6.07) is -4.97. The molecule has 0 bridgehead atoms. The predicted octanol–water partition coefficient (Wildman–Crippen LogP) is 3.35. The van der Waals surface area contributed by atoms with Gasteiger partial charge >= 0.3 is 12.0 Å². The number of likely N-dealkylation sites (tertiary alicyclic amines) is 1. The molecule has 1 heterocycles. The van der Waals surface area contributed by atoms with Crippen LogP contribution in [0.5, 0.6) is 0 Å². The van der Waals surface area contributed by atoms with Gasteiger partial charge < -0.3 is 31.3 Å². The Balaban J connectivity index is 1.87. The molecule has 46 heavy (non-hydrogen) atoms. The first-order valence-electron chi connectivity index (χ1n) is 16.5. The van der Waals surface area contributed by atoms with Gasteiger partial charge in [0, 0.05) is 12.5 Å². The van der Waals surface area contributed by atoms with E-state index in [9.17, 15) is 28.8 Å². The first-order valence-corrected chi connectivity index (χ1v) is 17.4. The van der Waals surface area contributed by atoms with E-state index in [-0.39, 0.29) is 30.9 Å². The van der Waals surface area contributed by atoms with Gasteiger partial charge in [-0.1, -0.05) is 59.3 Å². The van der Waals surface area contributed by atoms with E-state index >= 15 is 0 Å². The standard InChI is InChI=1S/C32H51Cl2N5O7/c1-17(2)46-30(44)25(32(3,4)5)38-31(45)37-22(19-12-7-6-8-13-19)29(43)39-15-14-20(26(33)34)23(39)28(42)36-21(24(40)27(35)41)16-18-10-9-11-18/h17-23,25-26H,6-16H2,1-5H3,(H2,35,41)(H,36,42)(H2,37,38,45)/t20-,21?,22-,23-,25+/m0/s1. The average molecular weight is 689 g/mol. The Labute approximate surface area is 281 Å². The number of nitrogens with two attached hydrogens (primary N) is 1. The number of urea groups is 1. The summed E-state index contributed by atoms with van der Waals surface area (Å²) >= 11 is 12.6. The minimum absolute atomic E-state index is 0.145. The second-order valence-corrected chi connectivity index (χ2v) is 15.5. The number of nitrogens with one attached hydrogen (secondary N) is 3. The molecule has 5 atom stereocenters. The lowest BCUT2D eigenvalue weighted by Gasteiger charge is -2.37. The fourth-order valence-electron chi connectivity index (χ4n) is 6.66. The van der Waals surface area contributed by atoms with Crippen molar-refractivity contribution in [3.05, 3.63) is 0 Å². The van der Waals surface area contributed by atoms with E-state index in [1.807, 2.05) is 0 Å². The Morgan fingerprint density at radius 2 is 1.52 bits per heavy atom. The molecule has 1 unspecified atom stereocenters. The Morgan fingerprint density at radius 3 is 2.02 bits per heavy atom. The zero-order chi connectivity index (χ0) is 34.3. The molecule has 0 aromatic heterocycles. The molecule has 2 saturated carbocycles. The van der Waals surface area contributed by atoms with Gasteiger partial charge in [-0.2, -0.15) is 0 Å². The van der Waals surface area contributed by atoms with E-state index in [0.717, 1.165) is 38.5 Å². The molecule has 3 aliphatic rings. The van der Waals surface area contributed by atoms with E-state index in [2.05, 4.69) is 16.0 Å². The highest BCUT2D eigenvalue weighted by atomic mass is 35.5. The molecule has 2 aliphatic carbocycles. The number of hydrogen-bond acceptors (Lipinski definition) is 7. The predicted molar refractivity (Wildman–Crippen MR) is 174 cm³/mol. The third kappa shape index (κ3) is 9.95. The van der Waals surface area contributed by atoms with Crippen LogP contribution in [0.2, 0.25) is 0 Å². The van der Waals surface area contributed by atoms with Crippen LogP contribution in [0.4, 0.5) is 4.79 Å². The second kappa shape index (κ2) is 16.5. The third-order valence-corrected chi connectivity index (χ3v) is 10.0. The van der Waals surface area contributed by atoms with E-state index in [1.165, 1.54) is 4.90 Å². The number of nitrogens with zero attached hydrogens (tertiary/aromatic N) is 1. The fourth-order valence-corrected chi connectivity index (χ4v) is 7.18. The summed E-state index contributed by atoms with van der Waals surface area (Å²) in [6.07, 6.45) is 7.08. The highest BCUT2D eigenvalue weighted by Gasteiger charge is 2.48. The molecule has 0 aromatic carbocycles. The van der Waals surface area contributed by atoms with Gasteiger partial charge in [-0.15, -0.1) is 23.2 Å². The topological polar surface area (TPSA) is 177 Å². The number of amides is 5. The number of ketones is 1. The molecule has 1 saturated heterocycles. The minimum atomic E-state index is -1.15. The van der Waals surface area contributed by atoms with Gasteiger partial charge in [-0.3, -0.25) is 19.2 Å². The molecule has 0 spiro atoms. The molecule has 5 amide bonds. The lowest BCUT2D eigenvalue weighted by molar-refractivity contribution is -0.152. The van der Waals surface area contributed by atoms with E-state index in [0.29, 0.717) is 19.3 Å². The number of rotatable bonds is 13. The zero-order valence-electron chi connectivity index (χ0n) is 27.6. The monoisotopic (exact) mass is 687 g/mol. The van der Waals surface area contributed by atoms with Crippen LogP contribution in [-0.4, -0.2) is 82.1 Å². The van der Waals surface area contributed by atoms with Crippen molar-refractivity contribution in [2.45, 2.75) is 134 Å². The number of carbonyl (C=O) groups excluding carboxylic acids is 6. The number of carbonyl (C=O) groups is 6. The summed E-state index contributed by atoms with van der Waals surface area (Å²) < 4.78 is 5.38. The van der Waals surface area contributed by atoms with Crippen molar-refractivity contribution in [2.24, 2.45) is 28.9 Å². The molecule has 3 fully saturated rings. The van der Waals surface area contributed by atoms with Crippen LogP contribution in [0, 0.1) is 23.2 Å². The highest BCUT2D eigenvalue weighted by Crippen LogP contribution is 2.36. The Bertz CT molecular complexity index is 1130. The highest BCUT2D eigenvalue weighted by molar-refractivity contribution is 6.44. The number of ether oxygens (including phenoxy) is 1. The fraction of sp³-hybridized carbons (Fsp3) is 0.812. The van der Waals surface area contributed by atoms with Crippen LogP contribution < -0.4 is 21.7 Å². The minimum Gasteiger partial charge on any atom is -0.461 e. The van der Waals surface area contributed by atoms with Crippen molar-refractivity contribution >= 4 is 58.7 Å². The maximum Gasteiger partial charge on any atom is 0.329 e. The SMILES string of the molecule is CC(C)OC(=O)[C@@H](NC(=O)N[C@H](C(=O)N1CC[C@H](C(Cl)Cl)[C@H]1C(=O)NC(CC1CCC1)C(=O)C(N)=O)C1CCCCC1)C(C)(C)C. The lowest BCUT2D eigenvalue weighted by atomic mass is 9.80. The molecule has 3 rings (SSSR count). The molecule has 260 valence electrons. The number of halogens is 2. The Kier molecular flexibility index (Phi) is 13.6. The molecule has 12 nitrogen and oxygen atoms in total. The number of esters is 1. The van der Waals surface area contributed by atoms with Crippen LogP contribution in [0.25, 0.3) is 0 Å². The lowest BCUT2D eigenvalue weighted by Crippen LogP contribution is -2.61. The van der Waals surface area contributed by atoms with Crippen molar-refractivity contribution in [3.63, 3.8) is 0 Å². The van der Waals surface area contributed by atoms with Crippen LogP contribution >= 0.6 is 23.2 Å². The number of primary amides is 1. The summed E-state index contributed by atoms with van der Waals surface area (Å²) in [5.41, 5.74) is 4.62. The van der Waals surface area contributed by atoms with E-state index < -0.39 is 75.8 Å². The van der Waals surface area contributed by atoms with Gasteiger partial charge in [0.25, 0.3) is 5.91 Å². The molecule has 0 aromatic rings. The summed E-state index contributed by atoms with van der Waals surface area (Å²) in [6.45, 7) is 8.98. The smallest absolute Gasteiger partial charge is 0.329 e. The Hall–Kier alpha value is -2.60. The summed E-state index contributed by atoms with van der Waals surface area (Å²) in [4.78, 5) is 79.5. The van der Waals surface area contributed by atoms with Gasteiger partial charge in [0.1, 0.15) is 23.0 Å². The molecule has 14 heteroatoms. The van der Waals surface area contributed by atoms with Crippen LogP contribution in [-0.2, 0) is 28.7 Å². The molecule has 5 N–H and O–H groups in total. The maximum atomic E-state index is 14.4. The normalized spacial score (nSPS) is 22.8. The first kappa shape index (κ1) is 37.9. The average Bonchev–Trinajstić information content (AvgIpc) is 3.40. The zero-order valence-corrected chi connectivity index (χ0v) is 29.1. The van der Waals surface area contributed by atoms with Crippen molar-refractivity contribution in [2.75, 3.05) is 6.54 Å². The largest absolute Gasteiger partial charge is 0.461 e. The van der Waals surface area contributed by atoms with Crippen LogP contribution in [0.1, 0.15) is 98.8 Å². The van der Waals surface area contributed by atoms with Gasteiger partial charge in [-0.25, -0.2) is 9.59 Å². The first-order chi connectivity index (χ1) is 21.5. The van der Waals surface area contributed by atoms with Crippen molar-refractivity contribution < 1.29 is 33.5 Å².